The largest absolute Gasteiger partial charge is 0.313 e. The number of hydrogen-bond donors (Lipinski definition) is 1. The van der Waals surface area contributed by atoms with Gasteiger partial charge in [0.05, 0.1) is 0 Å². The molecular formula is C19H18ClN. The second-order valence-electron chi connectivity index (χ2n) is 5.21. The minimum absolute atomic E-state index is 0.246. The van der Waals surface area contributed by atoms with E-state index in [1.165, 1.54) is 21.9 Å². The molecule has 0 amide bonds. The number of fused-ring (bicyclic) bond motifs is 1. The van der Waals surface area contributed by atoms with Gasteiger partial charge in [0.15, 0.2) is 0 Å². The summed E-state index contributed by atoms with van der Waals surface area (Å²) in [5, 5.41) is 6.83. The first kappa shape index (κ1) is 14.1. The van der Waals surface area contributed by atoms with Crippen molar-refractivity contribution in [3.05, 3.63) is 82.9 Å². The molecule has 3 rings (SSSR count). The van der Waals surface area contributed by atoms with E-state index in [1.54, 1.807) is 0 Å². The van der Waals surface area contributed by atoms with Crippen molar-refractivity contribution < 1.29 is 0 Å². The summed E-state index contributed by atoms with van der Waals surface area (Å²) in [7, 11) is 2.00. The zero-order valence-corrected chi connectivity index (χ0v) is 12.8. The van der Waals surface area contributed by atoms with Crippen molar-refractivity contribution >= 4 is 22.4 Å². The number of nitrogens with one attached hydrogen (secondary N) is 1. The normalized spacial score (nSPS) is 12.5. The highest BCUT2D eigenvalue weighted by Crippen LogP contribution is 2.28. The Morgan fingerprint density at radius 3 is 2.43 bits per heavy atom. The van der Waals surface area contributed by atoms with Crippen LogP contribution in [-0.2, 0) is 6.42 Å². The molecule has 1 nitrogen and oxygen atoms in total. The number of likely N-dealkylation sites (N-methyl/N-ethyl adjacent to an activating group) is 1. The van der Waals surface area contributed by atoms with Crippen LogP contribution in [0.1, 0.15) is 17.2 Å². The molecule has 0 bridgehead atoms. The Bertz CT molecular complexity index is 746. The summed E-state index contributed by atoms with van der Waals surface area (Å²) >= 11 is 6.30. The molecule has 106 valence electrons. The van der Waals surface area contributed by atoms with Gasteiger partial charge in [0.1, 0.15) is 0 Å². The fourth-order valence-corrected chi connectivity index (χ4v) is 3.02. The zero-order valence-electron chi connectivity index (χ0n) is 12.0. The molecule has 1 N–H and O–H groups in total. The van der Waals surface area contributed by atoms with Crippen LogP contribution < -0.4 is 5.32 Å². The molecule has 0 radical (unpaired) electrons. The monoisotopic (exact) mass is 295 g/mol. The third kappa shape index (κ3) is 2.94. The van der Waals surface area contributed by atoms with Crippen molar-refractivity contribution in [3.63, 3.8) is 0 Å². The molecule has 0 spiro atoms. The molecule has 0 fully saturated rings. The van der Waals surface area contributed by atoms with Gasteiger partial charge in [-0.3, -0.25) is 0 Å². The highest BCUT2D eigenvalue weighted by Gasteiger charge is 2.14. The Morgan fingerprint density at radius 2 is 1.62 bits per heavy atom. The molecule has 0 aliphatic carbocycles. The molecule has 0 aliphatic rings. The molecule has 2 heteroatoms. The summed E-state index contributed by atoms with van der Waals surface area (Å²) in [5.74, 6) is 0. The molecule has 0 aliphatic heterocycles. The Balaban J connectivity index is 2.01. The average Bonchev–Trinajstić information content (AvgIpc) is 2.54. The molecule has 3 aromatic rings. The van der Waals surface area contributed by atoms with Gasteiger partial charge in [-0.05, 0) is 41.4 Å². The van der Waals surface area contributed by atoms with Crippen LogP contribution in [0.25, 0.3) is 10.8 Å². The van der Waals surface area contributed by atoms with Crippen molar-refractivity contribution in [1.82, 2.24) is 5.32 Å². The minimum atomic E-state index is 0.246. The van der Waals surface area contributed by atoms with Gasteiger partial charge in [0.2, 0.25) is 0 Å². The lowest BCUT2D eigenvalue weighted by Gasteiger charge is -2.19. The first-order chi connectivity index (χ1) is 10.3. The van der Waals surface area contributed by atoms with E-state index in [-0.39, 0.29) is 6.04 Å². The molecule has 0 saturated carbocycles. The molecule has 0 heterocycles. The topological polar surface area (TPSA) is 12.0 Å². The van der Waals surface area contributed by atoms with Gasteiger partial charge >= 0.3 is 0 Å². The van der Waals surface area contributed by atoms with Gasteiger partial charge in [-0.25, -0.2) is 0 Å². The second-order valence-corrected chi connectivity index (χ2v) is 5.61. The highest BCUT2D eigenvalue weighted by molar-refractivity contribution is 6.31. The van der Waals surface area contributed by atoms with Crippen LogP contribution in [0.5, 0.6) is 0 Å². The van der Waals surface area contributed by atoms with E-state index in [2.05, 4.69) is 53.8 Å². The van der Waals surface area contributed by atoms with Gasteiger partial charge in [0.25, 0.3) is 0 Å². The Hall–Kier alpha value is -1.83. The predicted octanol–water partition coefficient (Wildman–Crippen LogP) is 5.00. The standard InChI is InChI=1S/C19H18ClN/c1-21-19(13-15-8-3-5-12-18(15)20)17-11-6-9-14-7-2-4-10-16(14)17/h2-12,19,21H,13H2,1H3. The molecule has 3 aromatic carbocycles. The van der Waals surface area contributed by atoms with Gasteiger partial charge in [-0.15, -0.1) is 0 Å². The van der Waals surface area contributed by atoms with Crippen molar-refractivity contribution in [2.45, 2.75) is 12.5 Å². The van der Waals surface area contributed by atoms with Crippen molar-refractivity contribution in [2.24, 2.45) is 0 Å². The zero-order chi connectivity index (χ0) is 14.7. The van der Waals surface area contributed by atoms with Crippen LogP contribution in [-0.4, -0.2) is 7.05 Å². The fraction of sp³-hybridized carbons (Fsp3) is 0.158. The molecule has 1 unspecified atom stereocenters. The number of hydrogen-bond acceptors (Lipinski definition) is 1. The Morgan fingerprint density at radius 1 is 0.905 bits per heavy atom. The maximum atomic E-state index is 6.30. The van der Waals surface area contributed by atoms with Crippen LogP contribution in [0.2, 0.25) is 5.02 Å². The molecule has 1 atom stereocenters. The summed E-state index contributed by atoms with van der Waals surface area (Å²) in [5.41, 5.74) is 2.49. The van der Waals surface area contributed by atoms with E-state index in [0.29, 0.717) is 0 Å². The third-order valence-electron chi connectivity index (χ3n) is 3.93. The van der Waals surface area contributed by atoms with Gasteiger partial charge in [-0.1, -0.05) is 72.3 Å². The van der Waals surface area contributed by atoms with E-state index in [0.717, 1.165) is 11.4 Å². The van der Waals surface area contributed by atoms with E-state index in [1.807, 2.05) is 25.2 Å². The van der Waals surface area contributed by atoms with Crippen molar-refractivity contribution in [1.29, 1.82) is 0 Å². The highest BCUT2D eigenvalue weighted by atomic mass is 35.5. The summed E-state index contributed by atoms with van der Waals surface area (Å²) in [4.78, 5) is 0. The van der Waals surface area contributed by atoms with Crippen LogP contribution in [0.3, 0.4) is 0 Å². The van der Waals surface area contributed by atoms with Crippen molar-refractivity contribution in [2.75, 3.05) is 7.05 Å². The first-order valence-corrected chi connectivity index (χ1v) is 7.55. The van der Waals surface area contributed by atoms with E-state index in [9.17, 15) is 0 Å². The Labute approximate surface area is 130 Å². The first-order valence-electron chi connectivity index (χ1n) is 7.18. The minimum Gasteiger partial charge on any atom is -0.313 e. The fourth-order valence-electron chi connectivity index (χ4n) is 2.81. The smallest absolute Gasteiger partial charge is 0.0438 e. The van der Waals surface area contributed by atoms with Gasteiger partial charge in [0, 0.05) is 11.1 Å². The lowest BCUT2D eigenvalue weighted by molar-refractivity contribution is 0.596. The SMILES string of the molecule is CNC(Cc1ccccc1Cl)c1cccc2ccccc12. The lowest BCUT2D eigenvalue weighted by atomic mass is 9.94. The van der Waals surface area contributed by atoms with E-state index >= 15 is 0 Å². The molecule has 0 aromatic heterocycles. The van der Waals surface area contributed by atoms with Crippen LogP contribution >= 0.6 is 11.6 Å². The van der Waals surface area contributed by atoms with Crippen LogP contribution in [0.15, 0.2) is 66.7 Å². The second kappa shape index (κ2) is 6.30. The van der Waals surface area contributed by atoms with E-state index < -0.39 is 0 Å². The quantitative estimate of drug-likeness (QED) is 0.714. The summed E-state index contributed by atoms with van der Waals surface area (Å²) in [6, 6.07) is 23.3. The maximum Gasteiger partial charge on any atom is 0.0438 e. The van der Waals surface area contributed by atoms with Gasteiger partial charge in [-0.2, -0.15) is 0 Å². The summed E-state index contributed by atoms with van der Waals surface area (Å²) in [6.45, 7) is 0. The predicted molar refractivity (Wildman–Crippen MR) is 90.9 cm³/mol. The molecule has 0 saturated heterocycles. The number of rotatable bonds is 4. The Kier molecular flexibility index (Phi) is 4.23. The maximum absolute atomic E-state index is 6.30. The number of benzene rings is 3. The van der Waals surface area contributed by atoms with Crippen LogP contribution in [0, 0.1) is 0 Å². The van der Waals surface area contributed by atoms with Gasteiger partial charge < -0.3 is 5.32 Å². The van der Waals surface area contributed by atoms with E-state index in [4.69, 9.17) is 11.6 Å². The molecule has 21 heavy (non-hydrogen) atoms. The average molecular weight is 296 g/mol. The molecular weight excluding hydrogens is 278 g/mol. The van der Waals surface area contributed by atoms with Crippen LogP contribution in [0.4, 0.5) is 0 Å². The summed E-state index contributed by atoms with van der Waals surface area (Å²) < 4.78 is 0. The van der Waals surface area contributed by atoms with Crippen molar-refractivity contribution in [3.8, 4) is 0 Å². The summed E-state index contributed by atoms with van der Waals surface area (Å²) in [6.07, 6.45) is 0.879. The third-order valence-corrected chi connectivity index (χ3v) is 4.30. The number of halogens is 1. The lowest BCUT2D eigenvalue weighted by Crippen LogP contribution is -2.19.